The molecule has 0 saturated carbocycles. The Balaban J connectivity index is 1.77. The average molecular weight is 472 g/mol. The molecule has 6 nitrogen and oxygen atoms in total. The Morgan fingerprint density at radius 2 is 1.73 bits per heavy atom. The van der Waals surface area contributed by atoms with Gasteiger partial charge in [0.15, 0.2) is 0 Å². The second kappa shape index (κ2) is 8.72. The van der Waals surface area contributed by atoms with E-state index in [1.807, 2.05) is 6.92 Å². The van der Waals surface area contributed by atoms with Crippen LogP contribution in [0.5, 0.6) is 0 Å². The Labute approximate surface area is 179 Å². The summed E-state index contributed by atoms with van der Waals surface area (Å²) in [4.78, 5) is 0.0109. The van der Waals surface area contributed by atoms with Crippen molar-refractivity contribution >= 4 is 41.6 Å². The number of fused-ring (bicyclic) bond motifs is 1. The van der Waals surface area contributed by atoms with Gasteiger partial charge in [-0.2, -0.15) is 8.42 Å². The lowest BCUT2D eigenvalue weighted by Gasteiger charge is -2.16. The van der Waals surface area contributed by atoms with Crippen molar-refractivity contribution in [2.45, 2.75) is 42.4 Å². The maximum Gasteiger partial charge on any atom is 0.297 e. The Morgan fingerprint density at radius 3 is 2.37 bits per heavy atom. The highest BCUT2D eigenvalue weighted by molar-refractivity contribution is 7.91. The third-order valence-electron chi connectivity index (χ3n) is 4.63. The molecule has 2 aromatic carbocycles. The van der Waals surface area contributed by atoms with E-state index in [9.17, 15) is 21.2 Å². The van der Waals surface area contributed by atoms with Crippen molar-refractivity contribution in [2.24, 2.45) is 0 Å². The fraction of sp³-hybridized carbons (Fsp3) is 0.300. The second-order valence-corrected chi connectivity index (χ2v) is 11.5. The lowest BCUT2D eigenvalue weighted by Crippen LogP contribution is -2.34. The fourth-order valence-corrected chi connectivity index (χ4v) is 6.88. The van der Waals surface area contributed by atoms with E-state index in [2.05, 4.69) is 4.72 Å². The van der Waals surface area contributed by atoms with Crippen molar-refractivity contribution in [3.8, 4) is 0 Å². The van der Waals surface area contributed by atoms with E-state index in [1.165, 1.54) is 30.3 Å². The van der Waals surface area contributed by atoms with Crippen molar-refractivity contribution in [1.29, 1.82) is 0 Å². The summed E-state index contributed by atoms with van der Waals surface area (Å²) in [5.74, 6) is -0.443. The molecule has 0 saturated heterocycles. The maximum absolute atomic E-state index is 13.5. The van der Waals surface area contributed by atoms with Gasteiger partial charge in [-0.25, -0.2) is 17.5 Å². The highest BCUT2D eigenvalue weighted by Gasteiger charge is 2.26. The predicted octanol–water partition coefficient (Wildman–Crippen LogP) is 4.12. The molecule has 1 atom stereocenters. The Kier molecular flexibility index (Phi) is 6.63. The Bertz CT molecular complexity index is 1270. The molecule has 3 rings (SSSR count). The van der Waals surface area contributed by atoms with Crippen LogP contribution >= 0.6 is 11.3 Å². The normalized spacial score (nSPS) is 13.6. The highest BCUT2D eigenvalue weighted by atomic mass is 32.2. The number of benzene rings is 2. The zero-order valence-electron chi connectivity index (χ0n) is 16.7. The summed E-state index contributed by atoms with van der Waals surface area (Å²) in [6.45, 7) is 4.94. The molecule has 0 radical (unpaired) electrons. The van der Waals surface area contributed by atoms with Gasteiger partial charge >= 0.3 is 0 Å². The van der Waals surface area contributed by atoms with Crippen LogP contribution in [0.4, 0.5) is 4.39 Å². The minimum atomic E-state index is -4.03. The van der Waals surface area contributed by atoms with Gasteiger partial charge < -0.3 is 0 Å². The van der Waals surface area contributed by atoms with Gasteiger partial charge in [0.25, 0.3) is 10.1 Å². The van der Waals surface area contributed by atoms with Crippen molar-refractivity contribution in [1.82, 2.24) is 4.72 Å². The quantitative estimate of drug-likeness (QED) is 0.499. The zero-order chi connectivity index (χ0) is 22.1. The Morgan fingerprint density at radius 1 is 1.07 bits per heavy atom. The third kappa shape index (κ3) is 4.89. The molecule has 0 fully saturated rings. The molecule has 0 spiro atoms. The number of nitrogens with one attached hydrogen (secondary N) is 1. The summed E-state index contributed by atoms with van der Waals surface area (Å²) in [7, 11) is -7.95. The van der Waals surface area contributed by atoms with Gasteiger partial charge in [-0.1, -0.05) is 24.6 Å². The van der Waals surface area contributed by atoms with Crippen LogP contribution in [0.25, 0.3) is 10.1 Å². The minimum Gasteiger partial charge on any atom is -0.262 e. The van der Waals surface area contributed by atoms with Crippen LogP contribution in [-0.4, -0.2) is 29.5 Å². The molecule has 1 unspecified atom stereocenters. The summed E-state index contributed by atoms with van der Waals surface area (Å²) >= 11 is 1.03. The van der Waals surface area contributed by atoms with Gasteiger partial charge in [-0.05, 0) is 61.5 Å². The van der Waals surface area contributed by atoms with Crippen molar-refractivity contribution < 1.29 is 25.4 Å². The molecule has 0 aliphatic carbocycles. The molecular formula is C20H22FNO5S3. The molecule has 30 heavy (non-hydrogen) atoms. The van der Waals surface area contributed by atoms with Crippen LogP contribution in [0.2, 0.25) is 0 Å². The van der Waals surface area contributed by atoms with E-state index < -0.39 is 32.1 Å². The van der Waals surface area contributed by atoms with E-state index in [4.69, 9.17) is 4.18 Å². The molecule has 162 valence electrons. The van der Waals surface area contributed by atoms with E-state index in [-0.39, 0.29) is 22.1 Å². The largest absolute Gasteiger partial charge is 0.297 e. The zero-order valence-corrected chi connectivity index (χ0v) is 19.1. The maximum atomic E-state index is 13.5. The number of hydrogen-bond acceptors (Lipinski definition) is 6. The molecule has 3 aromatic rings. The first kappa shape index (κ1) is 22.8. The van der Waals surface area contributed by atoms with Crippen molar-refractivity contribution in [3.05, 3.63) is 59.4 Å². The second-order valence-electron chi connectivity index (χ2n) is 6.90. The third-order valence-corrected chi connectivity index (χ3v) is 9.32. The lowest BCUT2D eigenvalue weighted by atomic mass is 10.2. The molecule has 0 aliphatic heterocycles. The van der Waals surface area contributed by atoms with Gasteiger partial charge in [0.1, 0.15) is 10.0 Å². The van der Waals surface area contributed by atoms with Crippen LogP contribution in [-0.2, 0) is 24.3 Å². The smallest absolute Gasteiger partial charge is 0.262 e. The molecular weight excluding hydrogens is 449 g/mol. The van der Waals surface area contributed by atoms with Crippen LogP contribution in [0.15, 0.2) is 51.6 Å². The summed E-state index contributed by atoms with van der Waals surface area (Å²) in [6.07, 6.45) is -0.595. The fourth-order valence-electron chi connectivity index (χ4n) is 2.88. The number of rotatable bonds is 8. The Hall–Kier alpha value is -1.85. The van der Waals surface area contributed by atoms with Gasteiger partial charge in [0.05, 0.1) is 11.0 Å². The first-order valence-electron chi connectivity index (χ1n) is 9.22. The number of thiophene rings is 1. The van der Waals surface area contributed by atoms with E-state index in [0.717, 1.165) is 16.9 Å². The van der Waals surface area contributed by atoms with E-state index in [0.29, 0.717) is 15.6 Å². The van der Waals surface area contributed by atoms with Gasteiger partial charge in [0, 0.05) is 11.2 Å². The summed E-state index contributed by atoms with van der Waals surface area (Å²) in [6, 6.07) is 10.3. The molecule has 10 heteroatoms. The summed E-state index contributed by atoms with van der Waals surface area (Å²) in [5, 5.41) is 0.533. The molecule has 1 N–H and O–H groups in total. The standard InChI is InChI=1S/C20H22FNO5S3/c1-4-16(27-30(25,26)17-8-5-13(2)6-9-17)12-22-29(23,24)20-14(3)18-11-15(21)7-10-19(18)28-20/h5-11,16,22H,4,12H2,1-3H3. The van der Waals surface area contributed by atoms with Crippen LogP contribution < -0.4 is 4.72 Å². The van der Waals surface area contributed by atoms with Gasteiger partial charge in [-0.3, -0.25) is 4.18 Å². The van der Waals surface area contributed by atoms with Gasteiger partial charge in [-0.15, -0.1) is 11.3 Å². The van der Waals surface area contributed by atoms with Crippen molar-refractivity contribution in [3.63, 3.8) is 0 Å². The van der Waals surface area contributed by atoms with Crippen LogP contribution in [0.1, 0.15) is 24.5 Å². The van der Waals surface area contributed by atoms with Gasteiger partial charge in [0.2, 0.25) is 10.0 Å². The molecule has 1 aromatic heterocycles. The number of halogens is 1. The first-order valence-corrected chi connectivity index (χ1v) is 12.9. The topological polar surface area (TPSA) is 89.5 Å². The minimum absolute atomic E-state index is 0.0109. The first-order chi connectivity index (χ1) is 14.0. The van der Waals surface area contributed by atoms with Crippen LogP contribution in [0, 0.1) is 19.7 Å². The SMILES string of the molecule is CCC(CNS(=O)(=O)c1sc2ccc(F)cc2c1C)OS(=O)(=O)c1ccc(C)cc1. The van der Waals surface area contributed by atoms with Crippen LogP contribution in [0.3, 0.4) is 0 Å². The summed E-state index contributed by atoms with van der Waals surface area (Å²) < 4.78 is 72.5. The lowest BCUT2D eigenvalue weighted by molar-refractivity contribution is 0.208. The molecule has 1 heterocycles. The average Bonchev–Trinajstić information content (AvgIpc) is 3.02. The summed E-state index contributed by atoms with van der Waals surface area (Å²) in [5.41, 5.74) is 1.36. The predicted molar refractivity (Wildman–Crippen MR) is 115 cm³/mol. The van der Waals surface area contributed by atoms with E-state index >= 15 is 0 Å². The molecule has 0 aliphatic rings. The highest BCUT2D eigenvalue weighted by Crippen LogP contribution is 2.34. The van der Waals surface area contributed by atoms with E-state index in [1.54, 1.807) is 26.0 Å². The number of hydrogen-bond donors (Lipinski definition) is 1. The monoisotopic (exact) mass is 471 g/mol. The number of aryl methyl sites for hydroxylation is 2. The molecule has 0 bridgehead atoms. The van der Waals surface area contributed by atoms with Crippen molar-refractivity contribution in [2.75, 3.05) is 6.54 Å². The molecule has 0 amide bonds. The number of sulfonamides is 1.